The van der Waals surface area contributed by atoms with Crippen LogP contribution >= 0.6 is 11.6 Å². The normalized spacial score (nSPS) is 28.9. The summed E-state index contributed by atoms with van der Waals surface area (Å²) < 4.78 is 5.76. The number of benzene rings is 1. The van der Waals surface area contributed by atoms with Crippen LogP contribution in [0.2, 0.25) is 5.02 Å². The van der Waals surface area contributed by atoms with Gasteiger partial charge in [-0.2, -0.15) is 0 Å². The first-order valence-electron chi connectivity index (χ1n) is 7.18. The molecule has 1 saturated carbocycles. The maximum absolute atomic E-state index is 6.30. The van der Waals surface area contributed by atoms with E-state index in [1.165, 1.54) is 19.3 Å². The lowest BCUT2D eigenvalue weighted by Gasteiger charge is -2.34. The largest absolute Gasteiger partial charge is 0.492 e. The van der Waals surface area contributed by atoms with Crippen molar-refractivity contribution < 1.29 is 4.74 Å². The summed E-state index contributed by atoms with van der Waals surface area (Å²) in [5, 5.41) is 0.728. The van der Waals surface area contributed by atoms with E-state index in [2.05, 4.69) is 13.8 Å². The molecule has 19 heavy (non-hydrogen) atoms. The summed E-state index contributed by atoms with van der Waals surface area (Å²) in [6.07, 6.45) is 3.80. The predicted molar refractivity (Wildman–Crippen MR) is 80.6 cm³/mol. The van der Waals surface area contributed by atoms with E-state index in [0.29, 0.717) is 12.5 Å². The van der Waals surface area contributed by atoms with Crippen LogP contribution in [0.5, 0.6) is 5.75 Å². The van der Waals surface area contributed by atoms with E-state index in [-0.39, 0.29) is 6.04 Å². The highest BCUT2D eigenvalue weighted by molar-refractivity contribution is 6.30. The molecule has 3 heteroatoms. The molecule has 1 aliphatic rings. The van der Waals surface area contributed by atoms with Crippen LogP contribution in [0.15, 0.2) is 24.3 Å². The van der Waals surface area contributed by atoms with E-state index >= 15 is 0 Å². The number of hydrogen-bond acceptors (Lipinski definition) is 2. The maximum Gasteiger partial charge on any atom is 0.119 e. The van der Waals surface area contributed by atoms with E-state index in [1.54, 1.807) is 0 Å². The molecule has 1 aromatic rings. The molecular formula is C16H24ClNO. The third-order valence-corrected chi connectivity index (χ3v) is 4.33. The van der Waals surface area contributed by atoms with Gasteiger partial charge in [-0.15, -0.1) is 0 Å². The molecule has 0 heterocycles. The monoisotopic (exact) mass is 281 g/mol. The molecule has 0 bridgehead atoms. The molecule has 2 rings (SSSR count). The van der Waals surface area contributed by atoms with Crippen molar-refractivity contribution in [3.8, 4) is 5.75 Å². The van der Waals surface area contributed by atoms with Gasteiger partial charge >= 0.3 is 0 Å². The molecule has 0 aliphatic heterocycles. The quantitative estimate of drug-likeness (QED) is 0.901. The van der Waals surface area contributed by atoms with Crippen molar-refractivity contribution in [2.45, 2.75) is 39.2 Å². The van der Waals surface area contributed by atoms with Crippen molar-refractivity contribution in [3.63, 3.8) is 0 Å². The van der Waals surface area contributed by atoms with Gasteiger partial charge in [0, 0.05) is 11.1 Å². The predicted octanol–water partition coefficient (Wildman–Crippen LogP) is 4.12. The van der Waals surface area contributed by atoms with Gasteiger partial charge in [0.25, 0.3) is 0 Å². The summed E-state index contributed by atoms with van der Waals surface area (Å²) in [6, 6.07) is 7.59. The average molecular weight is 282 g/mol. The fourth-order valence-corrected chi connectivity index (χ4v) is 3.34. The van der Waals surface area contributed by atoms with Gasteiger partial charge < -0.3 is 10.5 Å². The second-order valence-electron chi connectivity index (χ2n) is 6.11. The maximum atomic E-state index is 6.30. The Labute approximate surface area is 121 Å². The van der Waals surface area contributed by atoms with Gasteiger partial charge in [-0.1, -0.05) is 25.4 Å². The zero-order valence-corrected chi connectivity index (χ0v) is 12.6. The smallest absolute Gasteiger partial charge is 0.119 e. The Kier molecular flexibility index (Phi) is 5.12. The first-order valence-corrected chi connectivity index (χ1v) is 7.56. The lowest BCUT2D eigenvalue weighted by atomic mass is 9.74. The van der Waals surface area contributed by atoms with Crippen LogP contribution in [0.25, 0.3) is 0 Å². The van der Waals surface area contributed by atoms with Gasteiger partial charge in [-0.25, -0.2) is 0 Å². The molecule has 1 fully saturated rings. The van der Waals surface area contributed by atoms with Gasteiger partial charge in [-0.05, 0) is 61.3 Å². The molecule has 106 valence electrons. The fraction of sp³-hybridized carbons (Fsp3) is 0.625. The molecule has 3 atom stereocenters. The summed E-state index contributed by atoms with van der Waals surface area (Å²) in [4.78, 5) is 0. The number of rotatable bonds is 4. The molecule has 0 amide bonds. The topological polar surface area (TPSA) is 35.2 Å². The van der Waals surface area contributed by atoms with Crippen LogP contribution in [-0.4, -0.2) is 12.6 Å². The van der Waals surface area contributed by atoms with Crippen LogP contribution in [0.3, 0.4) is 0 Å². The highest BCUT2D eigenvalue weighted by Gasteiger charge is 2.28. The second kappa shape index (κ2) is 6.62. The number of halogens is 1. The van der Waals surface area contributed by atoms with Crippen LogP contribution < -0.4 is 10.5 Å². The Hall–Kier alpha value is -0.730. The highest BCUT2D eigenvalue weighted by Crippen LogP contribution is 2.34. The summed E-state index contributed by atoms with van der Waals surface area (Å²) in [6.45, 7) is 5.25. The molecule has 2 nitrogen and oxygen atoms in total. The molecule has 2 N–H and O–H groups in total. The van der Waals surface area contributed by atoms with Crippen LogP contribution in [0.4, 0.5) is 0 Å². The van der Waals surface area contributed by atoms with Crippen molar-refractivity contribution in [1.82, 2.24) is 0 Å². The molecule has 0 saturated heterocycles. The van der Waals surface area contributed by atoms with Gasteiger partial charge in [0.1, 0.15) is 12.4 Å². The van der Waals surface area contributed by atoms with Crippen molar-refractivity contribution in [3.05, 3.63) is 29.3 Å². The van der Waals surface area contributed by atoms with Crippen molar-refractivity contribution >= 4 is 11.6 Å². The zero-order chi connectivity index (χ0) is 13.8. The van der Waals surface area contributed by atoms with Crippen molar-refractivity contribution in [2.75, 3.05) is 6.61 Å². The third-order valence-electron chi connectivity index (χ3n) is 4.08. The molecule has 0 radical (unpaired) electrons. The summed E-state index contributed by atoms with van der Waals surface area (Å²) in [5.74, 6) is 3.01. The highest BCUT2D eigenvalue weighted by atomic mass is 35.5. The van der Waals surface area contributed by atoms with E-state index < -0.39 is 0 Å². The van der Waals surface area contributed by atoms with Crippen molar-refractivity contribution in [2.24, 2.45) is 23.5 Å². The zero-order valence-electron chi connectivity index (χ0n) is 11.8. The SMILES string of the molecule is CC1CC(C)CC(C(N)COc2ccc(Cl)cc2)C1. The fourth-order valence-electron chi connectivity index (χ4n) is 3.22. The molecule has 0 aromatic heterocycles. The summed E-state index contributed by atoms with van der Waals surface area (Å²) >= 11 is 5.85. The second-order valence-corrected chi connectivity index (χ2v) is 6.54. The minimum absolute atomic E-state index is 0.126. The van der Waals surface area contributed by atoms with Crippen LogP contribution in [0.1, 0.15) is 33.1 Å². The standard InChI is InChI=1S/C16H24ClNO/c1-11-7-12(2)9-13(8-11)16(18)10-19-15-5-3-14(17)4-6-15/h3-6,11-13,16H,7-10,18H2,1-2H3. The molecule has 0 spiro atoms. The molecular weight excluding hydrogens is 258 g/mol. The number of nitrogens with two attached hydrogens (primary N) is 1. The van der Waals surface area contributed by atoms with Crippen LogP contribution in [-0.2, 0) is 0 Å². The first-order chi connectivity index (χ1) is 9.04. The average Bonchev–Trinajstić information content (AvgIpc) is 2.36. The number of ether oxygens (including phenoxy) is 1. The van der Waals surface area contributed by atoms with E-state index in [0.717, 1.165) is 22.6 Å². The Morgan fingerprint density at radius 3 is 2.32 bits per heavy atom. The summed E-state index contributed by atoms with van der Waals surface area (Å²) in [7, 11) is 0. The number of hydrogen-bond donors (Lipinski definition) is 1. The van der Waals surface area contributed by atoms with E-state index in [4.69, 9.17) is 22.1 Å². The Morgan fingerprint density at radius 1 is 1.16 bits per heavy atom. The van der Waals surface area contributed by atoms with Gasteiger partial charge in [-0.3, -0.25) is 0 Å². The third kappa shape index (κ3) is 4.39. The molecule has 1 aliphatic carbocycles. The first kappa shape index (κ1) is 14.7. The lowest BCUT2D eigenvalue weighted by molar-refractivity contribution is 0.158. The Balaban J connectivity index is 1.83. The Morgan fingerprint density at radius 2 is 1.74 bits per heavy atom. The van der Waals surface area contributed by atoms with Crippen LogP contribution in [0, 0.1) is 17.8 Å². The summed E-state index contributed by atoms with van der Waals surface area (Å²) in [5.41, 5.74) is 6.30. The van der Waals surface area contributed by atoms with Crippen molar-refractivity contribution in [1.29, 1.82) is 0 Å². The molecule has 3 unspecified atom stereocenters. The minimum atomic E-state index is 0.126. The van der Waals surface area contributed by atoms with E-state index in [1.807, 2.05) is 24.3 Å². The van der Waals surface area contributed by atoms with E-state index in [9.17, 15) is 0 Å². The Bertz CT molecular complexity index is 382. The lowest BCUT2D eigenvalue weighted by Crippen LogP contribution is -2.39. The van der Waals surface area contributed by atoms with Gasteiger partial charge in [0.05, 0.1) is 0 Å². The minimum Gasteiger partial charge on any atom is -0.492 e. The van der Waals surface area contributed by atoms with Gasteiger partial charge in [0.15, 0.2) is 0 Å². The molecule has 1 aromatic carbocycles. The van der Waals surface area contributed by atoms with Gasteiger partial charge in [0.2, 0.25) is 0 Å².